The van der Waals surface area contributed by atoms with Crippen molar-refractivity contribution in [2.24, 2.45) is 0 Å². The number of fused-ring (bicyclic) bond motifs is 1. The monoisotopic (exact) mass is 286 g/mol. The SMILES string of the molecule is CCN(Cc1cc(=O)oc2cc(C)ccc12)C1CCNC1. The van der Waals surface area contributed by atoms with E-state index in [2.05, 4.69) is 29.3 Å². The molecule has 1 aromatic carbocycles. The Labute approximate surface area is 124 Å². The molecule has 1 fully saturated rings. The zero-order valence-electron chi connectivity index (χ0n) is 12.7. The van der Waals surface area contributed by atoms with Gasteiger partial charge in [0.25, 0.3) is 0 Å². The molecule has 1 aliphatic heterocycles. The summed E-state index contributed by atoms with van der Waals surface area (Å²) in [6.45, 7) is 8.09. The van der Waals surface area contributed by atoms with Gasteiger partial charge in [0.2, 0.25) is 0 Å². The van der Waals surface area contributed by atoms with E-state index in [0.29, 0.717) is 11.6 Å². The Bertz CT molecular complexity index is 687. The summed E-state index contributed by atoms with van der Waals surface area (Å²) < 4.78 is 5.34. The van der Waals surface area contributed by atoms with Gasteiger partial charge in [-0.15, -0.1) is 0 Å². The first kappa shape index (κ1) is 14.3. The molecule has 1 aromatic heterocycles. The molecule has 4 heteroatoms. The molecule has 4 nitrogen and oxygen atoms in total. The van der Waals surface area contributed by atoms with Crippen molar-refractivity contribution in [1.82, 2.24) is 10.2 Å². The fraction of sp³-hybridized carbons (Fsp3) is 0.471. The highest BCUT2D eigenvalue weighted by Crippen LogP contribution is 2.21. The Balaban J connectivity index is 1.97. The number of benzene rings is 1. The van der Waals surface area contributed by atoms with E-state index in [0.717, 1.165) is 42.7 Å². The summed E-state index contributed by atoms with van der Waals surface area (Å²) in [5.74, 6) is 0. The number of aryl methyl sites for hydroxylation is 1. The highest BCUT2D eigenvalue weighted by molar-refractivity contribution is 5.80. The summed E-state index contributed by atoms with van der Waals surface area (Å²) in [5, 5.41) is 4.45. The van der Waals surface area contributed by atoms with Gasteiger partial charge in [0, 0.05) is 30.6 Å². The Kier molecular flexibility index (Phi) is 4.08. The second-order valence-electron chi connectivity index (χ2n) is 5.80. The molecule has 0 aliphatic carbocycles. The smallest absolute Gasteiger partial charge is 0.336 e. The maximum Gasteiger partial charge on any atom is 0.336 e. The van der Waals surface area contributed by atoms with E-state index in [1.807, 2.05) is 13.0 Å². The van der Waals surface area contributed by atoms with Crippen LogP contribution in [0.3, 0.4) is 0 Å². The third-order valence-corrected chi connectivity index (χ3v) is 4.32. The van der Waals surface area contributed by atoms with E-state index in [4.69, 9.17) is 4.42 Å². The predicted molar refractivity (Wildman–Crippen MR) is 84.6 cm³/mol. The first-order valence-electron chi connectivity index (χ1n) is 7.65. The van der Waals surface area contributed by atoms with Crippen LogP contribution in [0, 0.1) is 6.92 Å². The predicted octanol–water partition coefficient (Wildman–Crippen LogP) is 2.29. The Morgan fingerprint density at radius 3 is 2.95 bits per heavy atom. The normalized spacial score (nSPS) is 18.7. The van der Waals surface area contributed by atoms with Crippen LogP contribution in [0.1, 0.15) is 24.5 Å². The molecule has 2 heterocycles. The van der Waals surface area contributed by atoms with Crippen molar-refractivity contribution in [3.8, 4) is 0 Å². The van der Waals surface area contributed by atoms with E-state index in [1.54, 1.807) is 6.07 Å². The van der Waals surface area contributed by atoms with Gasteiger partial charge in [-0.1, -0.05) is 19.1 Å². The van der Waals surface area contributed by atoms with Gasteiger partial charge in [0.05, 0.1) is 0 Å². The van der Waals surface area contributed by atoms with Crippen molar-refractivity contribution in [2.75, 3.05) is 19.6 Å². The highest BCUT2D eigenvalue weighted by atomic mass is 16.4. The highest BCUT2D eigenvalue weighted by Gasteiger charge is 2.22. The number of nitrogens with zero attached hydrogens (tertiary/aromatic N) is 1. The Morgan fingerprint density at radius 1 is 1.38 bits per heavy atom. The maximum atomic E-state index is 11.8. The number of hydrogen-bond donors (Lipinski definition) is 1. The Hall–Kier alpha value is -1.65. The van der Waals surface area contributed by atoms with Crippen molar-refractivity contribution in [3.63, 3.8) is 0 Å². The van der Waals surface area contributed by atoms with Gasteiger partial charge in [-0.3, -0.25) is 4.90 Å². The van der Waals surface area contributed by atoms with Crippen LogP contribution in [0.15, 0.2) is 33.5 Å². The van der Waals surface area contributed by atoms with Crippen LogP contribution in [0.25, 0.3) is 11.0 Å². The zero-order chi connectivity index (χ0) is 14.8. The number of hydrogen-bond acceptors (Lipinski definition) is 4. The van der Waals surface area contributed by atoms with Crippen molar-refractivity contribution in [2.45, 2.75) is 32.9 Å². The van der Waals surface area contributed by atoms with Crippen LogP contribution >= 0.6 is 0 Å². The van der Waals surface area contributed by atoms with Gasteiger partial charge >= 0.3 is 5.63 Å². The molecule has 21 heavy (non-hydrogen) atoms. The lowest BCUT2D eigenvalue weighted by atomic mass is 10.1. The number of rotatable bonds is 4. The number of likely N-dealkylation sites (N-methyl/N-ethyl adjacent to an activating group) is 1. The lowest BCUT2D eigenvalue weighted by Crippen LogP contribution is -2.36. The quantitative estimate of drug-likeness (QED) is 0.876. The summed E-state index contributed by atoms with van der Waals surface area (Å²) in [5.41, 5.74) is 2.60. The van der Waals surface area contributed by atoms with Crippen molar-refractivity contribution >= 4 is 11.0 Å². The Morgan fingerprint density at radius 2 is 2.24 bits per heavy atom. The average Bonchev–Trinajstić information content (AvgIpc) is 2.97. The standard InChI is InChI=1S/C17H22N2O2/c1-3-19(14-6-7-18-10-14)11-13-9-17(20)21-16-8-12(2)4-5-15(13)16/h4-5,8-9,14,18H,3,6-7,10-11H2,1-2H3. The first-order valence-corrected chi connectivity index (χ1v) is 7.65. The van der Waals surface area contributed by atoms with Crippen LogP contribution in [-0.4, -0.2) is 30.6 Å². The van der Waals surface area contributed by atoms with Crippen molar-refractivity contribution < 1.29 is 4.42 Å². The fourth-order valence-electron chi connectivity index (χ4n) is 3.14. The van der Waals surface area contributed by atoms with Gasteiger partial charge in [0.15, 0.2) is 0 Å². The summed E-state index contributed by atoms with van der Waals surface area (Å²) in [6, 6.07) is 8.27. The first-order chi connectivity index (χ1) is 10.2. The molecule has 1 aliphatic rings. The van der Waals surface area contributed by atoms with Gasteiger partial charge in [0.1, 0.15) is 5.58 Å². The average molecular weight is 286 g/mol. The molecule has 1 N–H and O–H groups in total. The minimum atomic E-state index is -0.260. The third-order valence-electron chi connectivity index (χ3n) is 4.32. The van der Waals surface area contributed by atoms with Gasteiger partial charge in [-0.05, 0) is 43.6 Å². The molecule has 0 bridgehead atoms. The molecule has 112 valence electrons. The van der Waals surface area contributed by atoms with Crippen LogP contribution in [0.4, 0.5) is 0 Å². The molecular formula is C17H22N2O2. The molecule has 0 amide bonds. The maximum absolute atomic E-state index is 11.8. The number of nitrogens with one attached hydrogen (secondary N) is 1. The molecular weight excluding hydrogens is 264 g/mol. The lowest BCUT2D eigenvalue weighted by Gasteiger charge is -2.27. The van der Waals surface area contributed by atoms with Crippen LogP contribution in [0.5, 0.6) is 0 Å². The molecule has 1 saturated heterocycles. The summed E-state index contributed by atoms with van der Waals surface area (Å²) >= 11 is 0. The minimum Gasteiger partial charge on any atom is -0.423 e. The molecule has 0 saturated carbocycles. The lowest BCUT2D eigenvalue weighted by molar-refractivity contribution is 0.211. The van der Waals surface area contributed by atoms with Gasteiger partial charge < -0.3 is 9.73 Å². The van der Waals surface area contributed by atoms with Crippen molar-refractivity contribution in [1.29, 1.82) is 0 Å². The molecule has 2 aromatic rings. The molecule has 0 spiro atoms. The largest absolute Gasteiger partial charge is 0.423 e. The third kappa shape index (κ3) is 3.01. The second-order valence-corrected chi connectivity index (χ2v) is 5.80. The van der Waals surface area contributed by atoms with E-state index < -0.39 is 0 Å². The summed E-state index contributed by atoms with van der Waals surface area (Å²) in [7, 11) is 0. The van der Waals surface area contributed by atoms with E-state index >= 15 is 0 Å². The zero-order valence-corrected chi connectivity index (χ0v) is 12.7. The molecule has 0 radical (unpaired) electrons. The van der Waals surface area contributed by atoms with Crippen molar-refractivity contribution in [3.05, 3.63) is 45.8 Å². The van der Waals surface area contributed by atoms with Crippen LogP contribution in [0.2, 0.25) is 0 Å². The van der Waals surface area contributed by atoms with E-state index in [-0.39, 0.29) is 5.63 Å². The van der Waals surface area contributed by atoms with E-state index in [9.17, 15) is 4.79 Å². The molecule has 1 unspecified atom stereocenters. The summed E-state index contributed by atoms with van der Waals surface area (Å²) in [4.78, 5) is 14.2. The minimum absolute atomic E-state index is 0.260. The van der Waals surface area contributed by atoms with Gasteiger partial charge in [-0.25, -0.2) is 4.79 Å². The summed E-state index contributed by atoms with van der Waals surface area (Å²) in [6.07, 6.45) is 1.17. The fourth-order valence-corrected chi connectivity index (χ4v) is 3.14. The molecule has 3 rings (SSSR count). The van der Waals surface area contributed by atoms with Crippen LogP contribution in [-0.2, 0) is 6.54 Å². The van der Waals surface area contributed by atoms with E-state index in [1.165, 1.54) is 6.42 Å². The van der Waals surface area contributed by atoms with Gasteiger partial charge in [-0.2, -0.15) is 0 Å². The molecule has 1 atom stereocenters. The second kappa shape index (κ2) is 6.00. The topological polar surface area (TPSA) is 45.5 Å². The van der Waals surface area contributed by atoms with Crippen LogP contribution < -0.4 is 10.9 Å².